The molecule has 0 amide bonds. The Labute approximate surface area is 131 Å². The number of nitrogens with zero attached hydrogens (tertiary/aromatic N) is 1. The van der Waals surface area contributed by atoms with E-state index in [9.17, 15) is 0 Å². The van der Waals surface area contributed by atoms with Gasteiger partial charge in [-0.15, -0.1) is 0 Å². The van der Waals surface area contributed by atoms with Crippen LogP contribution in [-0.4, -0.2) is 22.8 Å². The number of rotatable bonds is 6. The van der Waals surface area contributed by atoms with E-state index >= 15 is 0 Å². The van der Waals surface area contributed by atoms with Gasteiger partial charge >= 0.3 is 0 Å². The van der Waals surface area contributed by atoms with Crippen LogP contribution in [0, 0.1) is 6.92 Å². The first-order chi connectivity index (χ1) is 10.2. The zero-order valence-corrected chi connectivity index (χ0v) is 13.2. The Balaban J connectivity index is 1.34. The summed E-state index contributed by atoms with van der Waals surface area (Å²) < 4.78 is 0. The third kappa shape index (κ3) is 3.66. The molecule has 0 unspecified atom stereocenters. The van der Waals surface area contributed by atoms with Gasteiger partial charge in [-0.1, -0.05) is 23.7 Å². The molecule has 112 valence electrons. The van der Waals surface area contributed by atoms with Gasteiger partial charge in [-0.2, -0.15) is 5.10 Å². The molecule has 1 aromatic carbocycles. The van der Waals surface area contributed by atoms with Crippen LogP contribution in [0.5, 0.6) is 0 Å². The fraction of sp³-hybridized carbons (Fsp3) is 0.471. The molecule has 0 atom stereocenters. The average molecular weight is 304 g/mol. The topological polar surface area (TPSA) is 40.7 Å². The van der Waals surface area contributed by atoms with Crippen molar-refractivity contribution in [1.29, 1.82) is 0 Å². The van der Waals surface area contributed by atoms with Gasteiger partial charge < -0.3 is 5.32 Å². The lowest BCUT2D eigenvalue weighted by atomic mass is 9.76. The van der Waals surface area contributed by atoms with Crippen LogP contribution in [0.4, 0.5) is 0 Å². The predicted molar refractivity (Wildman–Crippen MR) is 86.9 cm³/mol. The molecule has 0 bridgehead atoms. The van der Waals surface area contributed by atoms with Crippen molar-refractivity contribution < 1.29 is 0 Å². The lowest BCUT2D eigenvalue weighted by molar-refractivity contribution is 0.291. The summed E-state index contributed by atoms with van der Waals surface area (Å²) >= 11 is 5.93. The van der Waals surface area contributed by atoms with Gasteiger partial charge in [0.2, 0.25) is 0 Å². The van der Waals surface area contributed by atoms with Gasteiger partial charge in [-0.05, 0) is 68.3 Å². The number of H-pyrrole nitrogens is 1. The second-order valence-corrected chi connectivity index (χ2v) is 6.43. The lowest BCUT2D eigenvalue weighted by Gasteiger charge is -2.36. The summed E-state index contributed by atoms with van der Waals surface area (Å²) in [5.74, 6) is 0.705. The molecule has 3 nitrogen and oxygen atoms in total. The molecule has 1 fully saturated rings. The molecule has 0 radical (unpaired) electrons. The first-order valence-electron chi connectivity index (χ1n) is 7.70. The smallest absolute Gasteiger partial charge is 0.0522 e. The minimum atomic E-state index is 0.677. The molecule has 1 saturated carbocycles. The van der Waals surface area contributed by atoms with Crippen molar-refractivity contribution in [3.63, 3.8) is 0 Å². The molecular weight excluding hydrogens is 282 g/mol. The zero-order valence-electron chi connectivity index (χ0n) is 12.4. The Morgan fingerprint density at radius 2 is 2.05 bits per heavy atom. The highest BCUT2D eigenvalue weighted by Crippen LogP contribution is 2.37. The van der Waals surface area contributed by atoms with Gasteiger partial charge in [-0.3, -0.25) is 5.10 Å². The van der Waals surface area contributed by atoms with Crippen LogP contribution < -0.4 is 5.32 Å². The first-order valence-corrected chi connectivity index (χ1v) is 8.08. The van der Waals surface area contributed by atoms with Gasteiger partial charge in [-0.25, -0.2) is 0 Å². The minimum absolute atomic E-state index is 0.677. The summed E-state index contributed by atoms with van der Waals surface area (Å²) in [6.07, 6.45) is 6.69. The van der Waals surface area contributed by atoms with Crippen molar-refractivity contribution in [3.8, 4) is 0 Å². The van der Waals surface area contributed by atoms with Crippen LogP contribution in [0.2, 0.25) is 5.02 Å². The third-order valence-electron chi connectivity index (χ3n) is 4.47. The number of aryl methyl sites for hydroxylation is 2. The van der Waals surface area contributed by atoms with Crippen LogP contribution in [0.25, 0.3) is 0 Å². The largest absolute Gasteiger partial charge is 0.314 e. The van der Waals surface area contributed by atoms with Gasteiger partial charge in [0.15, 0.2) is 0 Å². The maximum atomic E-state index is 5.93. The van der Waals surface area contributed by atoms with Crippen LogP contribution in [0.15, 0.2) is 30.5 Å². The Hall–Kier alpha value is -1.32. The van der Waals surface area contributed by atoms with Crippen molar-refractivity contribution in [3.05, 3.63) is 52.3 Å². The molecule has 0 saturated heterocycles. The van der Waals surface area contributed by atoms with E-state index in [-0.39, 0.29) is 0 Å². The second-order valence-electron chi connectivity index (χ2n) is 5.99. The Kier molecular flexibility index (Phi) is 4.61. The van der Waals surface area contributed by atoms with E-state index in [2.05, 4.69) is 34.6 Å². The molecule has 1 aliphatic carbocycles. The molecule has 0 spiro atoms. The molecule has 1 heterocycles. The molecule has 1 aliphatic rings. The highest BCUT2D eigenvalue weighted by molar-refractivity contribution is 6.30. The Morgan fingerprint density at radius 3 is 2.71 bits per heavy atom. The van der Waals surface area contributed by atoms with E-state index in [1.54, 1.807) is 0 Å². The molecule has 0 aliphatic heterocycles. The first kappa shape index (κ1) is 14.6. The number of benzene rings is 1. The maximum Gasteiger partial charge on any atom is 0.0522 e. The fourth-order valence-electron chi connectivity index (χ4n) is 3.00. The highest BCUT2D eigenvalue weighted by Gasteiger charge is 2.29. The SMILES string of the molecule is Cc1[nH]ncc1CCCNC1CC(c2ccc(Cl)cc2)C1. The number of aromatic nitrogens is 2. The number of aromatic amines is 1. The van der Waals surface area contributed by atoms with E-state index in [1.807, 2.05) is 18.3 Å². The maximum absolute atomic E-state index is 5.93. The summed E-state index contributed by atoms with van der Waals surface area (Å²) in [7, 11) is 0. The Bertz CT molecular complexity index is 570. The third-order valence-corrected chi connectivity index (χ3v) is 4.72. The minimum Gasteiger partial charge on any atom is -0.314 e. The monoisotopic (exact) mass is 303 g/mol. The van der Waals surface area contributed by atoms with Crippen molar-refractivity contribution >= 4 is 11.6 Å². The van der Waals surface area contributed by atoms with E-state index in [4.69, 9.17) is 11.6 Å². The molecule has 2 N–H and O–H groups in total. The normalized spacial score (nSPS) is 21.2. The van der Waals surface area contributed by atoms with E-state index < -0.39 is 0 Å². The Morgan fingerprint density at radius 1 is 1.29 bits per heavy atom. The fourth-order valence-corrected chi connectivity index (χ4v) is 3.13. The van der Waals surface area contributed by atoms with Crippen LogP contribution >= 0.6 is 11.6 Å². The number of halogens is 1. The molecule has 1 aromatic heterocycles. The quantitative estimate of drug-likeness (QED) is 0.796. The van der Waals surface area contributed by atoms with E-state index in [0.29, 0.717) is 12.0 Å². The van der Waals surface area contributed by atoms with Gasteiger partial charge in [0, 0.05) is 16.8 Å². The molecular formula is C17H22ClN3. The zero-order chi connectivity index (χ0) is 14.7. The van der Waals surface area contributed by atoms with Crippen molar-refractivity contribution in [1.82, 2.24) is 15.5 Å². The van der Waals surface area contributed by atoms with Crippen LogP contribution in [0.3, 0.4) is 0 Å². The number of hydrogen-bond donors (Lipinski definition) is 2. The van der Waals surface area contributed by atoms with E-state index in [0.717, 1.165) is 18.0 Å². The standard InChI is InChI=1S/C17H22ClN3/c1-12-14(11-20-21-12)3-2-8-19-17-9-15(10-17)13-4-6-16(18)7-5-13/h4-7,11,15,17,19H,2-3,8-10H2,1H3,(H,20,21). The second kappa shape index (κ2) is 6.63. The lowest BCUT2D eigenvalue weighted by Crippen LogP contribution is -2.40. The molecule has 21 heavy (non-hydrogen) atoms. The highest BCUT2D eigenvalue weighted by atomic mass is 35.5. The molecule has 4 heteroatoms. The average Bonchev–Trinajstić information content (AvgIpc) is 2.84. The van der Waals surface area contributed by atoms with Gasteiger partial charge in [0.05, 0.1) is 6.20 Å². The summed E-state index contributed by atoms with van der Waals surface area (Å²) in [6, 6.07) is 8.97. The van der Waals surface area contributed by atoms with Crippen molar-refractivity contribution in [2.75, 3.05) is 6.54 Å². The van der Waals surface area contributed by atoms with Gasteiger partial charge in [0.25, 0.3) is 0 Å². The van der Waals surface area contributed by atoms with E-state index in [1.165, 1.54) is 36.1 Å². The van der Waals surface area contributed by atoms with Gasteiger partial charge in [0.1, 0.15) is 0 Å². The van der Waals surface area contributed by atoms with Crippen LogP contribution in [0.1, 0.15) is 42.0 Å². The van der Waals surface area contributed by atoms with Crippen LogP contribution in [-0.2, 0) is 6.42 Å². The predicted octanol–water partition coefficient (Wildman–Crippen LogP) is 3.84. The summed E-state index contributed by atoms with van der Waals surface area (Å²) in [6.45, 7) is 3.17. The molecule has 3 rings (SSSR count). The van der Waals surface area contributed by atoms with Crippen molar-refractivity contribution in [2.45, 2.75) is 44.6 Å². The summed E-state index contributed by atoms with van der Waals surface area (Å²) in [5.41, 5.74) is 3.96. The number of hydrogen-bond acceptors (Lipinski definition) is 2. The molecule has 2 aromatic rings. The van der Waals surface area contributed by atoms with Crippen molar-refractivity contribution in [2.24, 2.45) is 0 Å². The summed E-state index contributed by atoms with van der Waals surface area (Å²) in [4.78, 5) is 0. The number of nitrogens with one attached hydrogen (secondary N) is 2. The summed E-state index contributed by atoms with van der Waals surface area (Å²) in [5, 5.41) is 11.5.